The molecule has 1 saturated heterocycles. The summed E-state index contributed by atoms with van der Waals surface area (Å²) in [6.45, 7) is 3.82. The summed E-state index contributed by atoms with van der Waals surface area (Å²) in [5, 5.41) is 0. The lowest BCUT2D eigenvalue weighted by Crippen LogP contribution is -2.35. The zero-order valence-electron chi connectivity index (χ0n) is 45.2. The zero-order valence-corrected chi connectivity index (χ0v) is 48.4. The number of aromatic amines is 2. The number of nitrogens with zero attached hydrogens (tertiary/aromatic N) is 6. The number of hydrogen-bond acceptors (Lipinski definition) is 15. The van der Waals surface area contributed by atoms with Crippen molar-refractivity contribution in [2.45, 2.75) is 64.1 Å². The van der Waals surface area contributed by atoms with E-state index in [2.05, 4.69) is 33.1 Å². The Hall–Kier alpha value is -6.35. The molecule has 8 bridgehead atoms. The maximum atomic E-state index is 11.8. The first kappa shape index (κ1) is 58.3. The number of hydrogen-bond donors (Lipinski definition) is 2. The third-order valence-electron chi connectivity index (χ3n) is 13.6. The smallest absolute Gasteiger partial charge is 0.264 e. The summed E-state index contributed by atoms with van der Waals surface area (Å²) >= 11 is 0. The van der Waals surface area contributed by atoms with Crippen LogP contribution >= 0.6 is 0 Å². The molecule has 2 N–H and O–H groups in total. The number of rotatable bonds is 24. The highest BCUT2D eigenvalue weighted by Gasteiger charge is 2.27. The van der Waals surface area contributed by atoms with Gasteiger partial charge in [0, 0.05) is 117 Å². The lowest BCUT2D eigenvalue weighted by Gasteiger charge is -2.33. The van der Waals surface area contributed by atoms with Crippen molar-refractivity contribution in [2.24, 2.45) is 0 Å². The SMILES string of the molecule is CS(=O)(=O)OCCCN1CCCC(c2c3nc(c(-c4ccc[n+](CCCOS(C)(=O)=O)c4)c4ccc([nH]4)c(-c4ccc[n+](CCCOS(C)(=O)=O)c4)c4nc(c(-c5ccc[n+](CCCOS(C)(=O)=O)c5)c5ccc2[nH]5)C=C4)C=C3)C1. The van der Waals surface area contributed by atoms with Crippen molar-refractivity contribution in [3.8, 4) is 33.4 Å². The van der Waals surface area contributed by atoms with Gasteiger partial charge in [0.15, 0.2) is 56.8 Å². The molecular weight excluding hydrogens is 1100 g/mol. The Morgan fingerprint density at radius 1 is 0.500 bits per heavy atom. The molecule has 6 aromatic heterocycles. The minimum absolute atomic E-state index is 0.0134. The Morgan fingerprint density at radius 2 is 0.863 bits per heavy atom. The molecule has 0 amide bonds. The van der Waals surface area contributed by atoms with Crippen molar-refractivity contribution in [1.29, 1.82) is 0 Å². The minimum Gasteiger partial charge on any atom is -0.355 e. The van der Waals surface area contributed by atoms with Gasteiger partial charge >= 0.3 is 0 Å². The third kappa shape index (κ3) is 16.0. The van der Waals surface area contributed by atoms with Gasteiger partial charge in [-0.05, 0) is 92.6 Å². The van der Waals surface area contributed by atoms with E-state index in [-0.39, 0.29) is 32.3 Å². The average Bonchev–Trinajstić information content (AvgIpc) is 4.31. The van der Waals surface area contributed by atoms with E-state index in [0.717, 1.165) is 111 Å². The Morgan fingerprint density at radius 3 is 1.27 bits per heavy atom. The number of piperidine rings is 1. The van der Waals surface area contributed by atoms with Crippen LogP contribution in [0.5, 0.6) is 0 Å². The number of H-pyrrole nitrogens is 2. The van der Waals surface area contributed by atoms with E-state index >= 15 is 0 Å². The van der Waals surface area contributed by atoms with Crippen LogP contribution in [0.2, 0.25) is 0 Å². The Labute approximate surface area is 467 Å². The second-order valence-corrected chi connectivity index (χ2v) is 26.8. The number of pyridine rings is 3. The molecule has 0 saturated carbocycles. The molecule has 80 heavy (non-hydrogen) atoms. The van der Waals surface area contributed by atoms with Crippen LogP contribution in [0.15, 0.2) is 97.8 Å². The van der Waals surface area contributed by atoms with Crippen molar-refractivity contribution in [1.82, 2.24) is 24.8 Å². The lowest BCUT2D eigenvalue weighted by molar-refractivity contribution is -0.697. The quantitative estimate of drug-likeness (QED) is 0.0391. The molecule has 20 nitrogen and oxygen atoms in total. The van der Waals surface area contributed by atoms with E-state index < -0.39 is 40.5 Å². The number of fused-ring (bicyclic) bond motifs is 8. The molecule has 0 aliphatic carbocycles. The predicted octanol–water partition coefficient (Wildman–Crippen LogP) is 6.16. The van der Waals surface area contributed by atoms with Crippen molar-refractivity contribution >= 4 is 86.8 Å². The summed E-state index contributed by atoms with van der Waals surface area (Å²) in [4.78, 5) is 21.0. The van der Waals surface area contributed by atoms with Crippen LogP contribution in [0.3, 0.4) is 0 Å². The second-order valence-electron chi connectivity index (χ2n) is 20.2. The normalized spacial score (nSPS) is 15.2. The molecule has 1 atom stereocenters. The molecule has 6 aromatic rings. The van der Waals surface area contributed by atoms with Crippen LogP contribution in [-0.2, 0) is 76.8 Å². The van der Waals surface area contributed by atoms with Gasteiger partial charge in [-0.3, -0.25) is 16.7 Å². The standard InChI is InChI=1S/C56H67N8O12S4/c1-77(65,66)73-33-9-29-61-25-5-13-41(37-61)53-45-17-19-47(57-45)54(42-14-6-26-62(38-42)30-10-34-74-78(2,67)68)49-21-23-51(59-49)56(44-16-8-28-64(40-44)32-12-36-76-80(4,71)72)52-24-22-50(60-52)55(48-20-18-46(53)58-48)43-15-7-27-63(39-43)31-11-35-75-79(3,69)70/h5-7,13-15,17-27,37-39,44,57,60H,8-12,16,28-36,40H2,1-4H3/q+3. The second kappa shape index (κ2) is 25.2. The van der Waals surface area contributed by atoms with Crippen LogP contribution in [0, 0.1) is 0 Å². The molecule has 3 aliphatic heterocycles. The molecule has 424 valence electrons. The van der Waals surface area contributed by atoms with Gasteiger partial charge in [-0.1, -0.05) is 0 Å². The molecule has 0 spiro atoms. The highest BCUT2D eigenvalue weighted by atomic mass is 32.2. The van der Waals surface area contributed by atoms with Crippen molar-refractivity contribution in [2.75, 3.05) is 71.1 Å². The monoisotopic (exact) mass is 1170 g/mol. The van der Waals surface area contributed by atoms with Crippen LogP contribution in [0.25, 0.3) is 79.8 Å². The summed E-state index contributed by atoms with van der Waals surface area (Å²) in [6, 6.07) is 20.1. The van der Waals surface area contributed by atoms with E-state index in [0.29, 0.717) is 75.5 Å². The highest BCUT2D eigenvalue weighted by Crippen LogP contribution is 2.39. The number of nitrogens with one attached hydrogen (secondary N) is 2. The molecule has 3 aliphatic rings. The van der Waals surface area contributed by atoms with E-state index in [1.165, 1.54) is 0 Å². The number of likely N-dealkylation sites (tertiary alicyclic amines) is 1. The third-order valence-corrected chi connectivity index (χ3v) is 16.0. The summed E-state index contributed by atoms with van der Waals surface area (Å²) in [5.74, 6) is 0.0134. The first-order valence-corrected chi connectivity index (χ1v) is 33.6. The average molecular weight is 1170 g/mol. The van der Waals surface area contributed by atoms with Gasteiger partial charge in [0.2, 0.25) is 0 Å². The fraction of sp³-hybridized carbons (Fsp3) is 0.375. The van der Waals surface area contributed by atoms with E-state index in [1.807, 2.05) is 118 Å². The van der Waals surface area contributed by atoms with Crippen molar-refractivity contribution < 1.29 is 64.1 Å². The van der Waals surface area contributed by atoms with E-state index in [4.69, 9.17) is 26.7 Å². The van der Waals surface area contributed by atoms with E-state index in [1.54, 1.807) is 0 Å². The molecule has 0 radical (unpaired) electrons. The van der Waals surface area contributed by atoms with Crippen LogP contribution < -0.4 is 13.7 Å². The van der Waals surface area contributed by atoms with Gasteiger partial charge in [0.25, 0.3) is 40.5 Å². The maximum Gasteiger partial charge on any atom is 0.264 e. The van der Waals surface area contributed by atoms with E-state index in [9.17, 15) is 33.7 Å². The molecule has 0 aromatic carbocycles. The van der Waals surface area contributed by atoms with Gasteiger partial charge in [0.05, 0.1) is 74.2 Å². The Balaban J connectivity index is 1.27. The maximum absolute atomic E-state index is 11.8. The fourth-order valence-corrected chi connectivity index (χ4v) is 12.0. The van der Waals surface area contributed by atoms with Crippen LogP contribution in [0.4, 0.5) is 0 Å². The molecular formula is C56H67N8O12S4+3. The summed E-state index contributed by atoms with van der Waals surface area (Å²) in [6.07, 6.45) is 27.8. The molecule has 9 rings (SSSR count). The molecule has 1 unspecified atom stereocenters. The van der Waals surface area contributed by atoms with Gasteiger partial charge < -0.3 is 14.9 Å². The first-order chi connectivity index (χ1) is 38.1. The van der Waals surface area contributed by atoms with Gasteiger partial charge in [-0.15, -0.1) is 0 Å². The predicted molar refractivity (Wildman–Crippen MR) is 306 cm³/mol. The summed E-state index contributed by atoms with van der Waals surface area (Å²) in [7, 11) is -14.4. The topological polar surface area (TPSA) is 246 Å². The fourth-order valence-electron chi connectivity index (χ4n) is 10.4. The molecule has 24 heteroatoms. The summed E-state index contributed by atoms with van der Waals surface area (Å²) < 4.78 is 121. The highest BCUT2D eigenvalue weighted by molar-refractivity contribution is 7.86. The van der Waals surface area contributed by atoms with Crippen LogP contribution in [-0.4, -0.2) is 130 Å². The summed E-state index contributed by atoms with van der Waals surface area (Å²) in [5.41, 5.74) is 12.0. The molecule has 9 heterocycles. The molecule has 1 fully saturated rings. The zero-order chi connectivity index (χ0) is 56.7. The van der Waals surface area contributed by atoms with Gasteiger partial charge in [-0.25, -0.2) is 23.7 Å². The number of aromatic nitrogens is 7. The van der Waals surface area contributed by atoms with Crippen molar-refractivity contribution in [3.63, 3.8) is 0 Å². The van der Waals surface area contributed by atoms with Crippen LogP contribution in [0.1, 0.15) is 72.8 Å². The lowest BCUT2D eigenvalue weighted by atomic mass is 9.89. The van der Waals surface area contributed by atoms with Gasteiger partial charge in [-0.2, -0.15) is 33.7 Å². The van der Waals surface area contributed by atoms with Crippen molar-refractivity contribution in [3.05, 3.63) is 126 Å². The minimum atomic E-state index is -3.61. The first-order valence-electron chi connectivity index (χ1n) is 26.4. The Bertz CT molecular complexity index is 3890. The largest absolute Gasteiger partial charge is 0.355 e. The number of aryl methyl sites for hydroxylation is 3. The Kier molecular flexibility index (Phi) is 18.4. The van der Waals surface area contributed by atoms with Gasteiger partial charge in [0.1, 0.15) is 0 Å².